The third-order valence-electron chi connectivity index (χ3n) is 3.29. The van der Waals surface area contributed by atoms with Gasteiger partial charge in [0.25, 0.3) is 5.91 Å². The maximum atomic E-state index is 12.2. The smallest absolute Gasteiger partial charge is 0.271 e. The highest BCUT2D eigenvalue weighted by molar-refractivity contribution is 7.91. The monoisotopic (exact) mass is 348 g/mol. The van der Waals surface area contributed by atoms with Crippen molar-refractivity contribution in [3.8, 4) is 0 Å². The van der Waals surface area contributed by atoms with E-state index in [4.69, 9.17) is 0 Å². The minimum absolute atomic E-state index is 0.0597. The first-order valence-electron chi connectivity index (χ1n) is 7.57. The molecule has 0 bridgehead atoms. The summed E-state index contributed by atoms with van der Waals surface area (Å²) in [6, 6.07) is 9.87. The molecule has 8 heteroatoms. The number of rotatable bonds is 7. The summed E-state index contributed by atoms with van der Waals surface area (Å²) in [5, 5.41) is 13.2. The number of aromatic nitrogens is 2. The molecule has 24 heavy (non-hydrogen) atoms. The van der Waals surface area contributed by atoms with Crippen molar-refractivity contribution in [3.63, 3.8) is 0 Å². The van der Waals surface area contributed by atoms with Gasteiger partial charge in [-0.25, -0.2) is 8.42 Å². The van der Waals surface area contributed by atoms with E-state index < -0.39 is 9.84 Å². The largest absolute Gasteiger partial charge is 0.368 e. The van der Waals surface area contributed by atoms with Crippen LogP contribution in [0, 0.1) is 6.92 Å². The molecule has 0 fully saturated rings. The van der Waals surface area contributed by atoms with Gasteiger partial charge >= 0.3 is 0 Å². The molecule has 2 rings (SSSR count). The van der Waals surface area contributed by atoms with Crippen LogP contribution in [0.2, 0.25) is 0 Å². The second-order valence-corrected chi connectivity index (χ2v) is 7.33. The molecule has 0 radical (unpaired) electrons. The predicted octanol–water partition coefficient (Wildman–Crippen LogP) is 1.42. The Morgan fingerprint density at radius 1 is 1.08 bits per heavy atom. The van der Waals surface area contributed by atoms with Crippen molar-refractivity contribution in [2.75, 3.05) is 24.2 Å². The van der Waals surface area contributed by atoms with E-state index in [9.17, 15) is 13.2 Å². The maximum absolute atomic E-state index is 12.2. The lowest BCUT2D eigenvalue weighted by molar-refractivity contribution is 0.0950. The number of benzene rings is 1. The van der Waals surface area contributed by atoms with Crippen molar-refractivity contribution < 1.29 is 13.2 Å². The van der Waals surface area contributed by atoms with Gasteiger partial charge in [-0.1, -0.05) is 17.7 Å². The highest BCUT2D eigenvalue weighted by atomic mass is 32.2. The molecule has 0 saturated heterocycles. The number of aryl methyl sites for hydroxylation is 1. The summed E-state index contributed by atoms with van der Waals surface area (Å²) in [5.41, 5.74) is 1.23. The van der Waals surface area contributed by atoms with Crippen molar-refractivity contribution in [1.29, 1.82) is 0 Å². The molecule has 128 valence electrons. The van der Waals surface area contributed by atoms with Crippen LogP contribution in [0.1, 0.15) is 23.0 Å². The van der Waals surface area contributed by atoms with E-state index in [0.717, 1.165) is 5.56 Å². The van der Waals surface area contributed by atoms with Gasteiger partial charge in [-0.2, -0.15) is 0 Å². The Morgan fingerprint density at radius 2 is 1.79 bits per heavy atom. The van der Waals surface area contributed by atoms with Crippen LogP contribution in [-0.4, -0.2) is 43.4 Å². The average molecular weight is 348 g/mol. The summed E-state index contributed by atoms with van der Waals surface area (Å²) in [6.45, 7) is 4.43. The molecule has 1 heterocycles. The SMILES string of the molecule is CCNC(=O)c1ccc(NCCS(=O)(=O)c2ccc(C)cc2)nn1. The number of amides is 1. The van der Waals surface area contributed by atoms with Crippen LogP contribution in [0.3, 0.4) is 0 Å². The van der Waals surface area contributed by atoms with Gasteiger partial charge in [-0.3, -0.25) is 4.79 Å². The zero-order chi connectivity index (χ0) is 17.6. The van der Waals surface area contributed by atoms with Crippen LogP contribution in [-0.2, 0) is 9.84 Å². The van der Waals surface area contributed by atoms with E-state index in [1.165, 1.54) is 6.07 Å². The molecule has 1 aromatic heterocycles. The zero-order valence-corrected chi connectivity index (χ0v) is 14.4. The molecule has 0 aliphatic heterocycles. The molecule has 1 aromatic carbocycles. The number of hydrogen-bond acceptors (Lipinski definition) is 6. The second-order valence-electron chi connectivity index (χ2n) is 5.22. The van der Waals surface area contributed by atoms with Crippen LogP contribution in [0.4, 0.5) is 5.82 Å². The van der Waals surface area contributed by atoms with Crippen LogP contribution < -0.4 is 10.6 Å². The number of anilines is 1. The third-order valence-corrected chi connectivity index (χ3v) is 5.02. The van der Waals surface area contributed by atoms with Crippen molar-refractivity contribution in [1.82, 2.24) is 15.5 Å². The summed E-state index contributed by atoms with van der Waals surface area (Å²) < 4.78 is 24.4. The van der Waals surface area contributed by atoms with Crippen molar-refractivity contribution >= 4 is 21.6 Å². The number of nitrogens with zero attached hydrogens (tertiary/aromatic N) is 2. The number of carbonyl (C=O) groups excluding carboxylic acids is 1. The Morgan fingerprint density at radius 3 is 2.38 bits per heavy atom. The molecular formula is C16H20N4O3S. The first kappa shape index (κ1) is 17.9. The Hall–Kier alpha value is -2.48. The van der Waals surface area contributed by atoms with Gasteiger partial charge in [0.1, 0.15) is 5.82 Å². The first-order valence-corrected chi connectivity index (χ1v) is 9.23. The van der Waals surface area contributed by atoms with Gasteiger partial charge in [0, 0.05) is 13.1 Å². The average Bonchev–Trinajstić information content (AvgIpc) is 2.56. The van der Waals surface area contributed by atoms with Crippen LogP contribution in [0.15, 0.2) is 41.3 Å². The fraction of sp³-hybridized carbons (Fsp3) is 0.312. The molecule has 2 aromatic rings. The highest BCUT2D eigenvalue weighted by Gasteiger charge is 2.14. The highest BCUT2D eigenvalue weighted by Crippen LogP contribution is 2.12. The summed E-state index contributed by atoms with van der Waals surface area (Å²) in [7, 11) is -3.35. The quantitative estimate of drug-likeness (QED) is 0.785. The van der Waals surface area contributed by atoms with Gasteiger partial charge in [0.05, 0.1) is 10.6 Å². The number of hydrogen-bond donors (Lipinski definition) is 2. The molecule has 1 amide bonds. The Kier molecular flexibility index (Phi) is 5.86. The van der Waals surface area contributed by atoms with E-state index in [1.807, 2.05) is 13.8 Å². The molecule has 0 atom stereocenters. The molecule has 0 spiro atoms. The van der Waals surface area contributed by atoms with Gasteiger partial charge in [0.2, 0.25) is 0 Å². The molecular weight excluding hydrogens is 328 g/mol. The van der Waals surface area contributed by atoms with E-state index in [2.05, 4.69) is 20.8 Å². The van der Waals surface area contributed by atoms with E-state index >= 15 is 0 Å². The molecule has 0 saturated carbocycles. The van der Waals surface area contributed by atoms with Crippen LogP contribution in [0.5, 0.6) is 0 Å². The topological polar surface area (TPSA) is 101 Å². The van der Waals surface area contributed by atoms with Crippen molar-refractivity contribution in [3.05, 3.63) is 47.7 Å². The number of sulfone groups is 1. The summed E-state index contributed by atoms with van der Waals surface area (Å²) in [6.07, 6.45) is 0. The van der Waals surface area contributed by atoms with Crippen LogP contribution >= 0.6 is 0 Å². The first-order chi connectivity index (χ1) is 11.4. The summed E-state index contributed by atoms with van der Waals surface area (Å²) in [4.78, 5) is 11.9. The minimum Gasteiger partial charge on any atom is -0.368 e. The van der Waals surface area contributed by atoms with Gasteiger partial charge < -0.3 is 10.6 Å². The van der Waals surface area contributed by atoms with Gasteiger partial charge in [-0.15, -0.1) is 10.2 Å². The fourth-order valence-corrected chi connectivity index (χ4v) is 3.13. The lowest BCUT2D eigenvalue weighted by Gasteiger charge is -2.07. The molecule has 0 aliphatic carbocycles. The number of nitrogens with one attached hydrogen (secondary N) is 2. The molecule has 0 aliphatic rings. The second kappa shape index (κ2) is 7.87. The normalized spacial score (nSPS) is 11.1. The predicted molar refractivity (Wildman–Crippen MR) is 91.8 cm³/mol. The lowest BCUT2D eigenvalue weighted by Crippen LogP contribution is -2.24. The van der Waals surface area contributed by atoms with Gasteiger partial charge in [0.15, 0.2) is 15.5 Å². The molecule has 2 N–H and O–H groups in total. The third kappa shape index (κ3) is 4.76. The van der Waals surface area contributed by atoms with Crippen molar-refractivity contribution in [2.45, 2.75) is 18.7 Å². The fourth-order valence-electron chi connectivity index (χ4n) is 1.98. The zero-order valence-electron chi connectivity index (χ0n) is 13.6. The van der Waals surface area contributed by atoms with Crippen molar-refractivity contribution in [2.24, 2.45) is 0 Å². The van der Waals surface area contributed by atoms with Gasteiger partial charge in [-0.05, 0) is 38.1 Å². The minimum atomic E-state index is -3.35. The maximum Gasteiger partial charge on any atom is 0.271 e. The lowest BCUT2D eigenvalue weighted by atomic mass is 10.2. The van der Waals surface area contributed by atoms with E-state index in [-0.39, 0.29) is 23.9 Å². The van der Waals surface area contributed by atoms with E-state index in [1.54, 1.807) is 30.3 Å². The summed E-state index contributed by atoms with van der Waals surface area (Å²) in [5.74, 6) is 0.0659. The Balaban J connectivity index is 1.91. The Bertz CT molecular complexity index is 787. The standard InChI is InChI=1S/C16H20N4O3S/c1-3-17-16(21)14-8-9-15(20-19-14)18-10-11-24(22,23)13-6-4-12(2)5-7-13/h4-9H,3,10-11H2,1-2H3,(H,17,21)(H,18,20). The summed E-state index contributed by atoms with van der Waals surface area (Å²) >= 11 is 0. The molecule has 0 unspecified atom stereocenters. The Labute approximate surface area is 141 Å². The van der Waals surface area contributed by atoms with Crippen LogP contribution in [0.25, 0.3) is 0 Å². The number of carbonyl (C=O) groups is 1. The van der Waals surface area contributed by atoms with E-state index in [0.29, 0.717) is 17.3 Å². The molecule has 7 nitrogen and oxygen atoms in total.